The quantitative estimate of drug-likeness (QED) is 0.363. The molecular formula is C21H39N5O2. The molecule has 1 aromatic heterocycles. The summed E-state index contributed by atoms with van der Waals surface area (Å²) in [5.41, 5.74) is 3.66. The minimum absolute atomic E-state index is 0.282. The molecule has 2 N–H and O–H groups in total. The summed E-state index contributed by atoms with van der Waals surface area (Å²) in [6.45, 7) is 13.5. The van der Waals surface area contributed by atoms with Crippen LogP contribution in [0.15, 0.2) is 4.99 Å². The van der Waals surface area contributed by atoms with Crippen molar-refractivity contribution < 1.29 is 9.47 Å². The predicted octanol–water partition coefficient (Wildman–Crippen LogP) is 2.36. The Morgan fingerprint density at radius 2 is 2.11 bits per heavy atom. The number of guanidine groups is 1. The highest BCUT2D eigenvalue weighted by molar-refractivity contribution is 5.80. The van der Waals surface area contributed by atoms with Gasteiger partial charge >= 0.3 is 0 Å². The van der Waals surface area contributed by atoms with E-state index in [2.05, 4.69) is 43.4 Å². The highest BCUT2D eigenvalue weighted by Crippen LogP contribution is 2.15. The van der Waals surface area contributed by atoms with E-state index in [9.17, 15) is 0 Å². The third-order valence-corrected chi connectivity index (χ3v) is 5.31. The normalized spacial score (nSPS) is 17.0. The van der Waals surface area contributed by atoms with Gasteiger partial charge in [0.1, 0.15) is 0 Å². The summed E-state index contributed by atoms with van der Waals surface area (Å²) in [5.74, 6) is 1.54. The Hall–Kier alpha value is -1.60. The topological polar surface area (TPSA) is 72.7 Å². The number of ether oxygens (including phenoxy) is 2. The first kappa shape index (κ1) is 22.7. The van der Waals surface area contributed by atoms with Gasteiger partial charge in [-0.15, -0.1) is 0 Å². The van der Waals surface area contributed by atoms with Crippen LogP contribution >= 0.6 is 0 Å². The molecule has 2 heterocycles. The van der Waals surface area contributed by atoms with Crippen LogP contribution in [-0.4, -0.2) is 61.3 Å². The molecule has 0 spiro atoms. The Bertz CT molecular complexity index is 608. The van der Waals surface area contributed by atoms with Gasteiger partial charge in [0.15, 0.2) is 5.96 Å². The molecule has 28 heavy (non-hydrogen) atoms. The number of aromatic nitrogens is 2. The van der Waals surface area contributed by atoms with Crippen molar-refractivity contribution in [1.82, 2.24) is 20.4 Å². The van der Waals surface area contributed by atoms with E-state index >= 15 is 0 Å². The van der Waals surface area contributed by atoms with Gasteiger partial charge in [-0.25, -0.2) is 0 Å². The lowest BCUT2D eigenvalue weighted by Gasteiger charge is -2.21. The molecule has 1 atom stereocenters. The molecule has 0 aromatic carbocycles. The highest BCUT2D eigenvalue weighted by Gasteiger charge is 2.14. The zero-order valence-electron chi connectivity index (χ0n) is 18.4. The van der Waals surface area contributed by atoms with Gasteiger partial charge in [0.25, 0.3) is 0 Å². The van der Waals surface area contributed by atoms with Crippen LogP contribution in [0.4, 0.5) is 0 Å². The van der Waals surface area contributed by atoms with E-state index in [-0.39, 0.29) is 6.04 Å². The van der Waals surface area contributed by atoms with Crippen molar-refractivity contribution in [2.45, 2.75) is 59.4 Å². The number of rotatable bonds is 10. The van der Waals surface area contributed by atoms with Crippen LogP contribution in [0.2, 0.25) is 0 Å². The number of aliphatic imine (C=N–C) groups is 1. The van der Waals surface area contributed by atoms with Gasteiger partial charge < -0.3 is 20.1 Å². The Morgan fingerprint density at radius 3 is 2.75 bits per heavy atom. The molecule has 0 amide bonds. The van der Waals surface area contributed by atoms with Gasteiger partial charge in [0, 0.05) is 58.3 Å². The molecular weight excluding hydrogens is 354 g/mol. The van der Waals surface area contributed by atoms with E-state index in [1.807, 2.05) is 11.7 Å². The van der Waals surface area contributed by atoms with Gasteiger partial charge in [0.2, 0.25) is 0 Å². The van der Waals surface area contributed by atoms with E-state index in [0.29, 0.717) is 5.92 Å². The fourth-order valence-electron chi connectivity index (χ4n) is 3.54. The van der Waals surface area contributed by atoms with Crippen molar-refractivity contribution in [3.63, 3.8) is 0 Å². The molecule has 1 aromatic rings. The lowest BCUT2D eigenvalue weighted by atomic mass is 10.0. The van der Waals surface area contributed by atoms with E-state index in [4.69, 9.17) is 14.5 Å². The molecule has 0 saturated carbocycles. The third kappa shape index (κ3) is 7.43. The van der Waals surface area contributed by atoms with Gasteiger partial charge in [-0.05, 0) is 64.9 Å². The van der Waals surface area contributed by atoms with Crippen LogP contribution in [0.1, 0.15) is 50.1 Å². The maximum absolute atomic E-state index is 5.83. The largest absolute Gasteiger partial charge is 0.381 e. The van der Waals surface area contributed by atoms with Gasteiger partial charge in [-0.3, -0.25) is 9.67 Å². The molecule has 1 aliphatic rings. The van der Waals surface area contributed by atoms with Crippen molar-refractivity contribution in [1.29, 1.82) is 0 Å². The molecule has 1 fully saturated rings. The summed E-state index contributed by atoms with van der Waals surface area (Å²) in [4.78, 5) is 4.70. The number of hydrogen-bond acceptors (Lipinski definition) is 4. The molecule has 0 radical (unpaired) electrons. The van der Waals surface area contributed by atoms with Gasteiger partial charge in [0.05, 0.1) is 5.69 Å². The van der Waals surface area contributed by atoms with Crippen LogP contribution in [0.3, 0.4) is 0 Å². The maximum Gasteiger partial charge on any atom is 0.191 e. The molecule has 1 aliphatic heterocycles. The average molecular weight is 394 g/mol. The minimum atomic E-state index is 0.282. The van der Waals surface area contributed by atoms with Gasteiger partial charge in [-0.1, -0.05) is 0 Å². The Morgan fingerprint density at radius 1 is 1.36 bits per heavy atom. The molecule has 7 nitrogen and oxygen atoms in total. The first-order valence-corrected chi connectivity index (χ1v) is 10.7. The Kier molecular flexibility index (Phi) is 9.78. The molecule has 160 valence electrons. The zero-order chi connectivity index (χ0) is 20.4. The van der Waals surface area contributed by atoms with E-state index < -0.39 is 0 Å². The van der Waals surface area contributed by atoms with Crippen molar-refractivity contribution >= 4 is 5.96 Å². The highest BCUT2D eigenvalue weighted by atomic mass is 16.5. The second-order valence-corrected chi connectivity index (χ2v) is 7.77. The lowest BCUT2D eigenvalue weighted by molar-refractivity contribution is 0.0205. The standard InChI is InChI=1S/C21H39N5O2/c1-6-22-21(23-10-7-11-28-15-19-8-12-27-13-9-19)24-16(2)14-20-17(3)25-26(5)18(20)4/h16,19H,6-15H2,1-5H3,(H2,22,23,24). The summed E-state index contributed by atoms with van der Waals surface area (Å²) in [6, 6.07) is 0.282. The first-order chi connectivity index (χ1) is 13.5. The fraction of sp³-hybridized carbons (Fsp3) is 0.810. The molecule has 2 rings (SSSR count). The maximum atomic E-state index is 5.83. The van der Waals surface area contributed by atoms with Crippen LogP contribution in [0.5, 0.6) is 0 Å². The third-order valence-electron chi connectivity index (χ3n) is 5.31. The Balaban J connectivity index is 1.71. The summed E-state index contributed by atoms with van der Waals surface area (Å²) in [6.07, 6.45) is 4.12. The van der Waals surface area contributed by atoms with Crippen LogP contribution in [-0.2, 0) is 22.9 Å². The summed E-state index contributed by atoms with van der Waals surface area (Å²) >= 11 is 0. The average Bonchev–Trinajstić information content (AvgIpc) is 2.91. The summed E-state index contributed by atoms with van der Waals surface area (Å²) in [5, 5.41) is 11.4. The zero-order valence-corrected chi connectivity index (χ0v) is 18.4. The number of nitrogens with one attached hydrogen (secondary N) is 2. The van der Waals surface area contributed by atoms with Crippen LogP contribution in [0.25, 0.3) is 0 Å². The smallest absolute Gasteiger partial charge is 0.191 e. The minimum Gasteiger partial charge on any atom is -0.381 e. The predicted molar refractivity (Wildman–Crippen MR) is 114 cm³/mol. The monoisotopic (exact) mass is 393 g/mol. The van der Waals surface area contributed by atoms with E-state index in [1.165, 1.54) is 11.3 Å². The number of aryl methyl sites for hydroxylation is 2. The SMILES string of the molecule is CCNC(=NCCCOCC1CCOCC1)NC(C)Cc1c(C)nn(C)c1C. The fourth-order valence-corrected chi connectivity index (χ4v) is 3.54. The molecule has 0 bridgehead atoms. The second-order valence-electron chi connectivity index (χ2n) is 7.77. The number of nitrogens with zero attached hydrogens (tertiary/aromatic N) is 3. The Labute approximate surface area is 170 Å². The summed E-state index contributed by atoms with van der Waals surface area (Å²) in [7, 11) is 2.00. The molecule has 0 aliphatic carbocycles. The van der Waals surface area contributed by atoms with E-state index in [0.717, 1.165) is 76.9 Å². The van der Waals surface area contributed by atoms with Gasteiger partial charge in [-0.2, -0.15) is 5.10 Å². The van der Waals surface area contributed by atoms with Crippen molar-refractivity contribution in [3.05, 3.63) is 17.0 Å². The van der Waals surface area contributed by atoms with Crippen LogP contribution in [0, 0.1) is 19.8 Å². The van der Waals surface area contributed by atoms with Crippen molar-refractivity contribution in [3.8, 4) is 0 Å². The molecule has 1 saturated heterocycles. The van der Waals surface area contributed by atoms with E-state index in [1.54, 1.807) is 0 Å². The lowest BCUT2D eigenvalue weighted by Crippen LogP contribution is -2.43. The van der Waals surface area contributed by atoms with Crippen molar-refractivity contribution in [2.75, 3.05) is 39.5 Å². The molecule has 7 heteroatoms. The second kappa shape index (κ2) is 12.1. The van der Waals surface area contributed by atoms with Crippen molar-refractivity contribution in [2.24, 2.45) is 18.0 Å². The van der Waals surface area contributed by atoms with Crippen LogP contribution < -0.4 is 10.6 Å². The molecule has 1 unspecified atom stereocenters. The first-order valence-electron chi connectivity index (χ1n) is 10.7. The number of hydrogen-bond donors (Lipinski definition) is 2. The summed E-state index contributed by atoms with van der Waals surface area (Å²) < 4.78 is 13.2.